The molecule has 0 atom stereocenters. The lowest BCUT2D eigenvalue weighted by Gasteiger charge is -2.08. The van der Waals surface area contributed by atoms with Crippen LogP contribution < -0.4 is 10.0 Å². The van der Waals surface area contributed by atoms with Crippen molar-refractivity contribution in [3.63, 3.8) is 0 Å². The second kappa shape index (κ2) is 6.34. The van der Waals surface area contributed by atoms with Gasteiger partial charge in [0.2, 0.25) is 10.0 Å². The molecule has 0 rings (SSSR count). The average Bonchev–Trinajstić information content (AvgIpc) is 1.98. The Morgan fingerprint density at radius 1 is 1.23 bits per heavy atom. The van der Waals surface area contributed by atoms with E-state index in [9.17, 15) is 8.42 Å². The molecule has 0 saturated heterocycles. The summed E-state index contributed by atoms with van der Waals surface area (Å²) in [7, 11) is -3.02. The molecule has 5 heteroatoms. The topological polar surface area (TPSA) is 58.2 Å². The first-order chi connectivity index (χ1) is 5.98. The van der Waals surface area contributed by atoms with Gasteiger partial charge in [-0.2, -0.15) is 0 Å². The minimum absolute atomic E-state index is 0.217. The van der Waals surface area contributed by atoms with Crippen LogP contribution in [0.25, 0.3) is 0 Å². The van der Waals surface area contributed by atoms with E-state index in [0.717, 1.165) is 0 Å². The Hall–Kier alpha value is -0.130. The molecule has 0 aliphatic rings. The Morgan fingerprint density at radius 2 is 1.85 bits per heavy atom. The molecule has 13 heavy (non-hydrogen) atoms. The third kappa shape index (κ3) is 8.21. The van der Waals surface area contributed by atoms with Crippen molar-refractivity contribution < 1.29 is 8.42 Å². The summed E-state index contributed by atoms with van der Waals surface area (Å²) in [5.74, 6) is 0.217. The molecule has 80 valence electrons. The Balaban J connectivity index is 3.53. The fourth-order valence-electron chi connectivity index (χ4n) is 0.908. The maximum Gasteiger partial charge on any atom is 0.211 e. The number of sulfonamides is 1. The van der Waals surface area contributed by atoms with Crippen molar-refractivity contribution in [2.24, 2.45) is 0 Å². The van der Waals surface area contributed by atoms with E-state index in [1.165, 1.54) is 0 Å². The molecule has 0 aromatic rings. The van der Waals surface area contributed by atoms with Crippen LogP contribution >= 0.6 is 0 Å². The summed E-state index contributed by atoms with van der Waals surface area (Å²) in [5, 5.41) is 3.13. The average molecular weight is 208 g/mol. The highest BCUT2D eigenvalue weighted by Gasteiger charge is 2.06. The van der Waals surface area contributed by atoms with E-state index in [2.05, 4.69) is 10.0 Å². The van der Waals surface area contributed by atoms with Crippen LogP contribution in [-0.4, -0.2) is 33.3 Å². The van der Waals surface area contributed by atoms with Crippen molar-refractivity contribution in [3.05, 3.63) is 0 Å². The van der Waals surface area contributed by atoms with Crippen LogP contribution in [0.3, 0.4) is 0 Å². The molecule has 0 amide bonds. The predicted octanol–water partition coefficient (Wildman–Crippen LogP) is 0.314. The highest BCUT2D eigenvalue weighted by Crippen LogP contribution is 1.86. The van der Waals surface area contributed by atoms with Crippen molar-refractivity contribution in [1.82, 2.24) is 10.0 Å². The molecule has 4 nitrogen and oxygen atoms in total. The van der Waals surface area contributed by atoms with Gasteiger partial charge < -0.3 is 5.32 Å². The minimum atomic E-state index is -3.02. The lowest BCUT2D eigenvalue weighted by atomic mass is 10.4. The molecule has 0 radical (unpaired) electrons. The van der Waals surface area contributed by atoms with Gasteiger partial charge in [-0.1, -0.05) is 20.8 Å². The highest BCUT2D eigenvalue weighted by atomic mass is 32.2. The molecule has 2 N–H and O–H groups in total. The molecule has 0 heterocycles. The Labute approximate surface area is 81.2 Å². The van der Waals surface area contributed by atoms with Gasteiger partial charge in [0.1, 0.15) is 0 Å². The molecule has 0 bridgehead atoms. The standard InChI is InChI=1S/C8H20N2O2S/c1-4-7-13(11,12)10-6-5-9-8(2)3/h8-10H,4-7H2,1-3H3. The van der Waals surface area contributed by atoms with Crippen LogP contribution in [0.4, 0.5) is 0 Å². The van der Waals surface area contributed by atoms with Crippen LogP contribution in [0, 0.1) is 0 Å². The molecule has 0 aliphatic carbocycles. The van der Waals surface area contributed by atoms with E-state index in [1.807, 2.05) is 20.8 Å². The van der Waals surface area contributed by atoms with E-state index < -0.39 is 10.0 Å². The lowest BCUT2D eigenvalue weighted by Crippen LogP contribution is -2.35. The fraction of sp³-hybridized carbons (Fsp3) is 1.00. The maximum absolute atomic E-state index is 11.1. The molecule has 0 aliphatic heterocycles. The lowest BCUT2D eigenvalue weighted by molar-refractivity contribution is 0.559. The van der Waals surface area contributed by atoms with Crippen LogP contribution in [0.2, 0.25) is 0 Å². The smallest absolute Gasteiger partial charge is 0.211 e. The zero-order valence-corrected chi connectivity index (χ0v) is 9.45. The van der Waals surface area contributed by atoms with E-state index >= 15 is 0 Å². The third-order valence-electron chi connectivity index (χ3n) is 1.47. The monoisotopic (exact) mass is 208 g/mol. The summed E-state index contributed by atoms with van der Waals surface area (Å²) in [5.41, 5.74) is 0. The van der Waals surface area contributed by atoms with Gasteiger partial charge in [0.25, 0.3) is 0 Å². The summed E-state index contributed by atoms with van der Waals surface area (Å²) < 4.78 is 24.8. The van der Waals surface area contributed by atoms with Crippen LogP contribution in [-0.2, 0) is 10.0 Å². The van der Waals surface area contributed by atoms with Gasteiger partial charge in [-0.05, 0) is 6.42 Å². The van der Waals surface area contributed by atoms with Gasteiger partial charge in [0.05, 0.1) is 5.75 Å². The first-order valence-electron chi connectivity index (χ1n) is 4.68. The largest absolute Gasteiger partial charge is 0.313 e. The van der Waals surface area contributed by atoms with Gasteiger partial charge in [0.15, 0.2) is 0 Å². The number of nitrogens with one attached hydrogen (secondary N) is 2. The Bertz CT molecular complexity index is 212. The summed E-state index contributed by atoms with van der Waals surface area (Å²) in [4.78, 5) is 0. The predicted molar refractivity (Wildman–Crippen MR) is 55.2 cm³/mol. The van der Waals surface area contributed by atoms with Crippen LogP contribution in [0.15, 0.2) is 0 Å². The molecule has 0 aromatic heterocycles. The Kier molecular flexibility index (Phi) is 6.28. The molecule has 0 fully saturated rings. The third-order valence-corrected chi connectivity index (χ3v) is 3.06. The normalized spacial score (nSPS) is 12.3. The molecule has 0 aromatic carbocycles. The minimum Gasteiger partial charge on any atom is -0.313 e. The molecule has 0 saturated carbocycles. The van der Waals surface area contributed by atoms with Gasteiger partial charge in [0, 0.05) is 19.1 Å². The molecule has 0 unspecified atom stereocenters. The number of rotatable bonds is 7. The van der Waals surface area contributed by atoms with Gasteiger partial charge in [-0.25, -0.2) is 13.1 Å². The first-order valence-corrected chi connectivity index (χ1v) is 6.34. The van der Waals surface area contributed by atoms with E-state index in [0.29, 0.717) is 25.6 Å². The summed E-state index contributed by atoms with van der Waals surface area (Å²) in [6, 6.07) is 0.399. The first kappa shape index (κ1) is 12.9. The maximum atomic E-state index is 11.1. The quantitative estimate of drug-likeness (QED) is 0.592. The number of hydrogen-bond donors (Lipinski definition) is 2. The summed E-state index contributed by atoms with van der Waals surface area (Å²) >= 11 is 0. The van der Waals surface area contributed by atoms with Crippen molar-refractivity contribution in [3.8, 4) is 0 Å². The molecular formula is C8H20N2O2S. The zero-order valence-electron chi connectivity index (χ0n) is 8.63. The fourth-order valence-corrected chi connectivity index (χ4v) is 2.00. The van der Waals surface area contributed by atoms with Crippen molar-refractivity contribution in [1.29, 1.82) is 0 Å². The van der Waals surface area contributed by atoms with Crippen molar-refractivity contribution in [2.75, 3.05) is 18.8 Å². The molecular weight excluding hydrogens is 188 g/mol. The second-order valence-electron chi connectivity index (χ2n) is 3.32. The second-order valence-corrected chi connectivity index (χ2v) is 5.25. The van der Waals surface area contributed by atoms with Crippen molar-refractivity contribution in [2.45, 2.75) is 33.2 Å². The van der Waals surface area contributed by atoms with Crippen LogP contribution in [0.1, 0.15) is 27.2 Å². The van der Waals surface area contributed by atoms with Gasteiger partial charge >= 0.3 is 0 Å². The van der Waals surface area contributed by atoms with E-state index in [-0.39, 0.29) is 5.75 Å². The zero-order chi connectivity index (χ0) is 10.3. The van der Waals surface area contributed by atoms with Crippen molar-refractivity contribution >= 4 is 10.0 Å². The van der Waals surface area contributed by atoms with Crippen LogP contribution in [0.5, 0.6) is 0 Å². The van der Waals surface area contributed by atoms with Gasteiger partial charge in [-0.3, -0.25) is 0 Å². The highest BCUT2D eigenvalue weighted by molar-refractivity contribution is 7.89. The van der Waals surface area contributed by atoms with E-state index in [1.54, 1.807) is 0 Å². The van der Waals surface area contributed by atoms with E-state index in [4.69, 9.17) is 0 Å². The SMILES string of the molecule is CCCS(=O)(=O)NCCNC(C)C. The number of hydrogen-bond acceptors (Lipinski definition) is 3. The summed E-state index contributed by atoms with van der Waals surface area (Å²) in [6.45, 7) is 7.06. The Morgan fingerprint density at radius 3 is 2.31 bits per heavy atom. The van der Waals surface area contributed by atoms with Gasteiger partial charge in [-0.15, -0.1) is 0 Å². The summed E-state index contributed by atoms with van der Waals surface area (Å²) in [6.07, 6.45) is 0.660. The molecule has 0 spiro atoms.